The number of alkyl halides is 1. The summed E-state index contributed by atoms with van der Waals surface area (Å²) in [5.74, 6) is 0. The largest absolute Gasteiger partial charge is 0.392 e. The number of aliphatic hydroxyl groups excluding tert-OH is 1. The summed E-state index contributed by atoms with van der Waals surface area (Å²) in [5, 5.41) is 8.23. The van der Waals surface area contributed by atoms with E-state index in [1.807, 2.05) is 6.08 Å². The van der Waals surface area contributed by atoms with E-state index in [0.717, 1.165) is 10.8 Å². The highest BCUT2D eigenvalue weighted by Crippen LogP contribution is 1.87. The van der Waals surface area contributed by atoms with Crippen molar-refractivity contribution in [2.24, 2.45) is 0 Å². The van der Waals surface area contributed by atoms with Crippen LogP contribution in [-0.4, -0.2) is 16.1 Å². The summed E-state index contributed by atoms with van der Waals surface area (Å²) < 4.78 is 1.12. The molecular formula is C6H9IO. The summed E-state index contributed by atoms with van der Waals surface area (Å²) >= 11 is 2.29. The van der Waals surface area contributed by atoms with Crippen LogP contribution in [0.5, 0.6) is 0 Å². The van der Waals surface area contributed by atoms with Gasteiger partial charge in [0.15, 0.2) is 0 Å². The van der Waals surface area contributed by atoms with Crippen molar-refractivity contribution in [2.45, 2.75) is 6.42 Å². The zero-order chi connectivity index (χ0) is 6.24. The third-order valence-electron chi connectivity index (χ3n) is 0.580. The first-order valence-electron chi connectivity index (χ1n) is 2.48. The first kappa shape index (κ1) is 8.21. The van der Waals surface area contributed by atoms with E-state index in [2.05, 4.69) is 28.3 Å². The zero-order valence-electron chi connectivity index (χ0n) is 4.60. The summed E-state index contributed by atoms with van der Waals surface area (Å²) in [6.07, 6.45) is 4.56. The molecule has 0 aromatic heterocycles. The van der Waals surface area contributed by atoms with Crippen LogP contribution in [0.4, 0.5) is 0 Å². The van der Waals surface area contributed by atoms with Gasteiger partial charge in [0.25, 0.3) is 0 Å². The van der Waals surface area contributed by atoms with Gasteiger partial charge >= 0.3 is 0 Å². The minimum Gasteiger partial charge on any atom is -0.392 e. The summed E-state index contributed by atoms with van der Waals surface area (Å²) in [7, 11) is 0. The Morgan fingerprint density at radius 2 is 2.25 bits per heavy atom. The van der Waals surface area contributed by atoms with Crippen LogP contribution in [-0.2, 0) is 0 Å². The number of hydrogen-bond donors (Lipinski definition) is 1. The SMILES string of the molecule is OCC=C=CCCI. The van der Waals surface area contributed by atoms with Crippen molar-refractivity contribution in [3.05, 3.63) is 17.9 Å². The zero-order valence-corrected chi connectivity index (χ0v) is 6.76. The van der Waals surface area contributed by atoms with E-state index in [4.69, 9.17) is 5.11 Å². The molecule has 0 spiro atoms. The highest BCUT2D eigenvalue weighted by molar-refractivity contribution is 14.1. The Bertz CT molecular complexity index is 92.7. The van der Waals surface area contributed by atoms with Gasteiger partial charge in [-0.25, -0.2) is 0 Å². The number of aliphatic hydroxyl groups is 1. The molecule has 0 saturated carbocycles. The van der Waals surface area contributed by atoms with Gasteiger partial charge in [-0.1, -0.05) is 22.6 Å². The average Bonchev–Trinajstić information content (AvgIpc) is 1.81. The maximum Gasteiger partial charge on any atom is 0.0686 e. The van der Waals surface area contributed by atoms with Crippen LogP contribution in [0.2, 0.25) is 0 Å². The lowest BCUT2D eigenvalue weighted by Gasteiger charge is -1.74. The summed E-state index contributed by atoms with van der Waals surface area (Å²) in [6, 6.07) is 0. The molecule has 0 aromatic rings. The van der Waals surface area contributed by atoms with E-state index in [0.29, 0.717) is 0 Å². The molecule has 2 heteroatoms. The molecule has 0 saturated heterocycles. The molecule has 0 unspecified atom stereocenters. The Kier molecular flexibility index (Phi) is 7.40. The van der Waals surface area contributed by atoms with E-state index in [1.54, 1.807) is 6.08 Å². The molecular weight excluding hydrogens is 215 g/mol. The van der Waals surface area contributed by atoms with Crippen molar-refractivity contribution in [1.29, 1.82) is 0 Å². The fourth-order valence-electron chi connectivity index (χ4n) is 0.274. The second-order valence-electron chi connectivity index (χ2n) is 1.24. The third-order valence-corrected chi connectivity index (χ3v) is 1.20. The van der Waals surface area contributed by atoms with Crippen LogP contribution in [0.25, 0.3) is 0 Å². The molecule has 0 atom stereocenters. The predicted octanol–water partition coefficient (Wildman–Crippen LogP) is 1.52. The van der Waals surface area contributed by atoms with Crippen molar-refractivity contribution in [1.82, 2.24) is 0 Å². The summed E-state index contributed by atoms with van der Waals surface area (Å²) in [6.45, 7) is 0.0950. The van der Waals surface area contributed by atoms with Gasteiger partial charge in [0.1, 0.15) is 0 Å². The van der Waals surface area contributed by atoms with Crippen LogP contribution in [0.1, 0.15) is 6.42 Å². The van der Waals surface area contributed by atoms with E-state index in [9.17, 15) is 0 Å². The predicted molar refractivity (Wildman–Crippen MR) is 43.2 cm³/mol. The van der Waals surface area contributed by atoms with Gasteiger partial charge < -0.3 is 5.11 Å². The lowest BCUT2D eigenvalue weighted by Crippen LogP contribution is -1.66. The number of hydrogen-bond acceptors (Lipinski definition) is 1. The number of halogens is 1. The molecule has 1 nitrogen and oxygen atoms in total. The Morgan fingerprint density at radius 3 is 2.75 bits per heavy atom. The molecule has 0 rings (SSSR count). The molecule has 46 valence electrons. The molecule has 0 aliphatic rings. The van der Waals surface area contributed by atoms with Gasteiger partial charge in [0.2, 0.25) is 0 Å². The van der Waals surface area contributed by atoms with Gasteiger partial charge in [-0.05, 0) is 18.6 Å². The monoisotopic (exact) mass is 224 g/mol. The number of rotatable bonds is 3. The second kappa shape index (κ2) is 7.21. The maximum atomic E-state index is 8.23. The topological polar surface area (TPSA) is 20.2 Å². The molecule has 0 aliphatic carbocycles. The highest BCUT2D eigenvalue weighted by Gasteiger charge is 1.67. The molecule has 0 aromatic carbocycles. The summed E-state index contributed by atoms with van der Waals surface area (Å²) in [4.78, 5) is 0. The van der Waals surface area contributed by atoms with E-state index < -0.39 is 0 Å². The molecule has 0 heterocycles. The van der Waals surface area contributed by atoms with Crippen molar-refractivity contribution < 1.29 is 5.11 Å². The maximum absolute atomic E-state index is 8.23. The second-order valence-corrected chi connectivity index (χ2v) is 2.31. The van der Waals surface area contributed by atoms with Crippen molar-refractivity contribution in [2.75, 3.05) is 11.0 Å². The minimum absolute atomic E-state index is 0.0950. The van der Waals surface area contributed by atoms with Gasteiger partial charge in [-0.3, -0.25) is 0 Å². The first-order chi connectivity index (χ1) is 3.91. The lowest BCUT2D eigenvalue weighted by molar-refractivity contribution is 0.343. The molecule has 0 radical (unpaired) electrons. The smallest absolute Gasteiger partial charge is 0.0686 e. The van der Waals surface area contributed by atoms with Gasteiger partial charge in [0, 0.05) is 4.43 Å². The lowest BCUT2D eigenvalue weighted by atomic mass is 10.4. The van der Waals surface area contributed by atoms with Crippen molar-refractivity contribution in [3.63, 3.8) is 0 Å². The molecule has 0 fully saturated rings. The fraction of sp³-hybridized carbons (Fsp3) is 0.500. The fourth-order valence-corrected chi connectivity index (χ4v) is 0.585. The van der Waals surface area contributed by atoms with Crippen LogP contribution in [0.15, 0.2) is 17.9 Å². The molecule has 8 heavy (non-hydrogen) atoms. The quantitative estimate of drug-likeness (QED) is 0.437. The van der Waals surface area contributed by atoms with Gasteiger partial charge in [-0.15, -0.1) is 5.73 Å². The Hall–Kier alpha value is 0.210. The molecule has 0 amide bonds. The average molecular weight is 224 g/mol. The van der Waals surface area contributed by atoms with E-state index in [1.165, 1.54) is 0 Å². The van der Waals surface area contributed by atoms with E-state index >= 15 is 0 Å². The molecule has 0 bridgehead atoms. The van der Waals surface area contributed by atoms with Crippen LogP contribution in [0, 0.1) is 0 Å². The first-order valence-corrected chi connectivity index (χ1v) is 4.00. The Balaban J connectivity index is 3.18. The van der Waals surface area contributed by atoms with E-state index in [-0.39, 0.29) is 6.61 Å². The molecule has 1 N–H and O–H groups in total. The van der Waals surface area contributed by atoms with Crippen LogP contribution >= 0.6 is 22.6 Å². The minimum atomic E-state index is 0.0950. The van der Waals surface area contributed by atoms with Gasteiger partial charge in [-0.2, -0.15) is 0 Å². The van der Waals surface area contributed by atoms with Crippen molar-refractivity contribution >= 4 is 22.6 Å². The standard InChI is InChI=1S/C6H9IO/c7-5-3-1-2-4-6-8/h1,4,8H,3,5-6H2. The Morgan fingerprint density at radius 1 is 1.50 bits per heavy atom. The van der Waals surface area contributed by atoms with Gasteiger partial charge in [0.05, 0.1) is 6.61 Å². The molecule has 0 aliphatic heterocycles. The highest BCUT2D eigenvalue weighted by atomic mass is 127. The summed E-state index contributed by atoms with van der Waals surface area (Å²) in [5.41, 5.74) is 2.83. The normalized spacial score (nSPS) is 7.75. The van der Waals surface area contributed by atoms with Crippen LogP contribution in [0.3, 0.4) is 0 Å². The Labute approximate surface area is 63.2 Å². The third kappa shape index (κ3) is 6.21. The van der Waals surface area contributed by atoms with Crippen molar-refractivity contribution in [3.8, 4) is 0 Å². The van der Waals surface area contributed by atoms with Crippen LogP contribution < -0.4 is 0 Å².